The maximum atomic E-state index is 11.7. The van der Waals surface area contributed by atoms with Crippen molar-refractivity contribution in [3.8, 4) is 0 Å². The zero-order chi connectivity index (χ0) is 16.3. The molecule has 1 aliphatic rings. The fourth-order valence-corrected chi connectivity index (χ4v) is 2.05. The lowest BCUT2D eigenvalue weighted by molar-refractivity contribution is -0.148. The van der Waals surface area contributed by atoms with E-state index in [1.165, 1.54) is 0 Å². The predicted molar refractivity (Wildman–Crippen MR) is 81.5 cm³/mol. The third-order valence-electron chi connectivity index (χ3n) is 4.26. The second-order valence-corrected chi connectivity index (χ2v) is 6.54. The number of esters is 1. The smallest absolute Gasteiger partial charge is 0.466 e. The first-order chi connectivity index (χ1) is 9.58. The number of carbonyl (C=O) groups is 1. The second-order valence-electron chi connectivity index (χ2n) is 6.54. The van der Waals surface area contributed by atoms with Crippen LogP contribution in [0.15, 0.2) is 11.5 Å². The summed E-state index contributed by atoms with van der Waals surface area (Å²) in [6.45, 7) is 8.94. The zero-order valence-corrected chi connectivity index (χ0v) is 13.7. The summed E-state index contributed by atoms with van der Waals surface area (Å²) in [6.07, 6.45) is 3.63. The quantitative estimate of drug-likeness (QED) is 0.578. The van der Waals surface area contributed by atoms with Gasteiger partial charge in [0.1, 0.15) is 0 Å². The first-order valence-corrected chi connectivity index (χ1v) is 7.52. The molecule has 0 spiro atoms. The van der Waals surface area contributed by atoms with Gasteiger partial charge in [-0.25, -0.2) is 0 Å². The van der Waals surface area contributed by atoms with Crippen LogP contribution in [0.5, 0.6) is 0 Å². The van der Waals surface area contributed by atoms with Crippen molar-refractivity contribution >= 4 is 13.1 Å². The van der Waals surface area contributed by atoms with Gasteiger partial charge in [-0.3, -0.25) is 4.79 Å². The molecule has 0 saturated carbocycles. The van der Waals surface area contributed by atoms with E-state index in [1.54, 1.807) is 34.6 Å². The van der Waals surface area contributed by atoms with Crippen LogP contribution in [-0.2, 0) is 14.2 Å². The molecule has 0 aromatic heterocycles. The molecule has 0 aromatic rings. The van der Waals surface area contributed by atoms with Crippen LogP contribution in [-0.4, -0.2) is 41.0 Å². The van der Waals surface area contributed by atoms with Crippen LogP contribution in [0.25, 0.3) is 0 Å². The normalized spacial score (nSPS) is 20.0. The van der Waals surface area contributed by atoms with E-state index in [1.807, 2.05) is 6.08 Å². The van der Waals surface area contributed by atoms with Gasteiger partial charge in [-0.1, -0.05) is 6.08 Å². The number of hydrogen-bond donors (Lipinski definition) is 2. The standard InChI is InChI=1S/C15H27BO5/c1-6-20-13(17)11-7-9-12(10-8-11)16(19)21-15(4,5)14(2,3)18/h9,11,18-19H,6-8,10H2,1-5H3/t11-/m0/s1. The van der Waals surface area contributed by atoms with Crippen molar-refractivity contribution in [2.24, 2.45) is 5.92 Å². The van der Waals surface area contributed by atoms with Gasteiger partial charge >= 0.3 is 13.1 Å². The van der Waals surface area contributed by atoms with E-state index in [0.717, 1.165) is 5.47 Å². The molecule has 1 rings (SSSR count). The Balaban J connectivity index is 2.62. The summed E-state index contributed by atoms with van der Waals surface area (Å²) in [5.41, 5.74) is -1.20. The molecule has 0 unspecified atom stereocenters. The third-order valence-corrected chi connectivity index (χ3v) is 4.26. The van der Waals surface area contributed by atoms with Crippen molar-refractivity contribution in [3.63, 3.8) is 0 Å². The Hall–Kier alpha value is -0.845. The summed E-state index contributed by atoms with van der Waals surface area (Å²) < 4.78 is 10.6. The zero-order valence-electron chi connectivity index (χ0n) is 13.7. The van der Waals surface area contributed by atoms with Gasteiger partial charge < -0.3 is 19.5 Å². The van der Waals surface area contributed by atoms with E-state index in [2.05, 4.69) is 0 Å². The molecule has 0 bridgehead atoms. The van der Waals surface area contributed by atoms with Crippen molar-refractivity contribution in [1.29, 1.82) is 0 Å². The number of ether oxygens (including phenoxy) is 1. The highest BCUT2D eigenvalue weighted by Crippen LogP contribution is 2.30. The first kappa shape index (κ1) is 18.2. The summed E-state index contributed by atoms with van der Waals surface area (Å²) in [4.78, 5) is 11.7. The minimum atomic E-state index is -1.07. The van der Waals surface area contributed by atoms with Crippen LogP contribution in [0, 0.1) is 5.92 Å². The minimum Gasteiger partial charge on any atom is -0.466 e. The molecule has 0 amide bonds. The van der Waals surface area contributed by atoms with Gasteiger partial charge in [-0.15, -0.1) is 0 Å². The molecular weight excluding hydrogens is 271 g/mol. The van der Waals surface area contributed by atoms with Gasteiger partial charge in [-0.2, -0.15) is 0 Å². The minimum absolute atomic E-state index is 0.136. The van der Waals surface area contributed by atoms with Crippen molar-refractivity contribution in [2.75, 3.05) is 6.61 Å². The summed E-state index contributed by atoms with van der Waals surface area (Å²) in [6, 6.07) is 0. The average Bonchev–Trinajstić information content (AvgIpc) is 2.37. The van der Waals surface area contributed by atoms with Crippen LogP contribution in [0.3, 0.4) is 0 Å². The highest BCUT2D eigenvalue weighted by molar-refractivity contribution is 6.52. The predicted octanol–water partition coefficient (Wildman–Crippen LogP) is 1.86. The van der Waals surface area contributed by atoms with Crippen molar-refractivity contribution in [1.82, 2.24) is 0 Å². The molecule has 0 saturated heterocycles. The van der Waals surface area contributed by atoms with Crippen LogP contribution in [0.2, 0.25) is 0 Å². The van der Waals surface area contributed by atoms with Crippen molar-refractivity contribution in [3.05, 3.63) is 11.5 Å². The highest BCUT2D eigenvalue weighted by atomic mass is 16.5. The molecule has 0 heterocycles. The molecule has 0 aliphatic heterocycles. The summed E-state index contributed by atoms with van der Waals surface area (Å²) in [5, 5.41) is 20.2. The highest BCUT2D eigenvalue weighted by Gasteiger charge is 2.40. The lowest BCUT2D eigenvalue weighted by atomic mass is 9.69. The molecule has 2 N–H and O–H groups in total. The van der Waals surface area contributed by atoms with E-state index in [4.69, 9.17) is 9.39 Å². The summed E-state index contributed by atoms with van der Waals surface area (Å²) >= 11 is 0. The molecule has 120 valence electrons. The third kappa shape index (κ3) is 4.83. The molecule has 0 aromatic carbocycles. The maximum absolute atomic E-state index is 11.7. The average molecular weight is 298 g/mol. The van der Waals surface area contributed by atoms with Gasteiger partial charge in [0.2, 0.25) is 0 Å². The van der Waals surface area contributed by atoms with Gasteiger partial charge in [0.25, 0.3) is 0 Å². The molecule has 0 fully saturated rings. The monoisotopic (exact) mass is 298 g/mol. The Bertz CT molecular complexity index is 397. The van der Waals surface area contributed by atoms with Crippen molar-refractivity contribution in [2.45, 2.75) is 65.1 Å². The molecule has 0 radical (unpaired) electrons. The topological polar surface area (TPSA) is 76.0 Å². The number of rotatable bonds is 6. The van der Waals surface area contributed by atoms with E-state index in [0.29, 0.717) is 25.9 Å². The van der Waals surface area contributed by atoms with Crippen LogP contribution in [0.1, 0.15) is 53.9 Å². The molecule has 21 heavy (non-hydrogen) atoms. The molecule has 1 aliphatic carbocycles. The van der Waals surface area contributed by atoms with Gasteiger partial charge in [0.15, 0.2) is 0 Å². The van der Waals surface area contributed by atoms with E-state index in [-0.39, 0.29) is 11.9 Å². The first-order valence-electron chi connectivity index (χ1n) is 7.52. The van der Waals surface area contributed by atoms with Crippen LogP contribution < -0.4 is 0 Å². The molecule has 1 atom stereocenters. The number of hydrogen-bond acceptors (Lipinski definition) is 5. The second kappa shape index (κ2) is 6.94. The van der Waals surface area contributed by atoms with Gasteiger partial charge in [0.05, 0.1) is 23.7 Å². The number of carbonyl (C=O) groups excluding carboxylic acids is 1. The van der Waals surface area contributed by atoms with E-state index < -0.39 is 18.3 Å². The fraction of sp³-hybridized carbons (Fsp3) is 0.800. The Kier molecular flexibility index (Phi) is 6.02. The molecule has 6 heteroatoms. The van der Waals surface area contributed by atoms with Crippen molar-refractivity contribution < 1.29 is 24.3 Å². The Morgan fingerprint density at radius 2 is 2.05 bits per heavy atom. The summed E-state index contributed by atoms with van der Waals surface area (Å²) in [7, 11) is -1.06. The Morgan fingerprint density at radius 3 is 2.48 bits per heavy atom. The SMILES string of the molecule is CCOC(=O)[C@H]1CC=C(B(O)OC(C)(C)C(C)(C)O)CC1. The largest absolute Gasteiger partial charge is 0.487 e. The lowest BCUT2D eigenvalue weighted by Gasteiger charge is -2.39. The lowest BCUT2D eigenvalue weighted by Crippen LogP contribution is -2.51. The van der Waals surface area contributed by atoms with Gasteiger partial charge in [-0.05, 0) is 59.4 Å². The van der Waals surface area contributed by atoms with E-state index in [9.17, 15) is 14.9 Å². The van der Waals surface area contributed by atoms with Crippen LogP contribution >= 0.6 is 0 Å². The molecular formula is C15H27BO5. The fourth-order valence-electron chi connectivity index (χ4n) is 2.05. The summed E-state index contributed by atoms with van der Waals surface area (Å²) in [5.74, 6) is -0.316. The molecule has 5 nitrogen and oxygen atoms in total. The maximum Gasteiger partial charge on any atom is 0.487 e. The number of allylic oxidation sites excluding steroid dienone is 2. The Labute approximate surface area is 127 Å². The van der Waals surface area contributed by atoms with Gasteiger partial charge in [0, 0.05) is 0 Å². The van der Waals surface area contributed by atoms with Crippen LogP contribution in [0.4, 0.5) is 0 Å². The van der Waals surface area contributed by atoms with E-state index >= 15 is 0 Å². The Morgan fingerprint density at radius 1 is 1.43 bits per heavy atom. The number of aliphatic hydroxyl groups is 1.